The van der Waals surface area contributed by atoms with E-state index in [1.807, 2.05) is 0 Å². The third-order valence-corrected chi connectivity index (χ3v) is 4.06. The van der Waals surface area contributed by atoms with Crippen LogP contribution in [0, 0.1) is 5.92 Å². The number of methoxy groups -OCH3 is 1. The highest BCUT2D eigenvalue weighted by molar-refractivity contribution is 4.83. The monoisotopic (exact) mass is 242 g/mol. The average molecular weight is 242 g/mol. The third kappa shape index (κ3) is 4.94. The van der Waals surface area contributed by atoms with E-state index in [1.165, 1.54) is 32.2 Å². The van der Waals surface area contributed by atoms with Crippen LogP contribution in [0.5, 0.6) is 0 Å². The van der Waals surface area contributed by atoms with E-state index in [-0.39, 0.29) is 0 Å². The number of nitrogens with one attached hydrogen (secondary N) is 1. The van der Waals surface area contributed by atoms with Gasteiger partial charge in [-0.15, -0.1) is 0 Å². The molecule has 0 aromatic rings. The maximum absolute atomic E-state index is 5.21. The van der Waals surface area contributed by atoms with E-state index in [4.69, 9.17) is 4.74 Å². The molecule has 1 rings (SSSR count). The number of hydrogen-bond donors (Lipinski definition) is 1. The maximum Gasteiger partial charge on any atom is 0.0589 e. The molecule has 0 radical (unpaired) electrons. The lowest BCUT2D eigenvalue weighted by Gasteiger charge is -2.37. The van der Waals surface area contributed by atoms with Gasteiger partial charge in [0, 0.05) is 32.3 Å². The SMILES string of the molecule is CNC1CCCCC1CN(CCOC)C(C)C. The van der Waals surface area contributed by atoms with Gasteiger partial charge in [-0.3, -0.25) is 4.90 Å². The zero-order chi connectivity index (χ0) is 12.7. The van der Waals surface area contributed by atoms with Gasteiger partial charge in [0.2, 0.25) is 0 Å². The fraction of sp³-hybridized carbons (Fsp3) is 1.00. The van der Waals surface area contributed by atoms with Crippen molar-refractivity contribution in [1.82, 2.24) is 10.2 Å². The van der Waals surface area contributed by atoms with Gasteiger partial charge in [-0.25, -0.2) is 0 Å². The predicted octanol–water partition coefficient (Wildman–Crippen LogP) is 2.12. The van der Waals surface area contributed by atoms with Gasteiger partial charge >= 0.3 is 0 Å². The standard InChI is InChI=1S/C14H30N2O/c1-12(2)16(9-10-17-4)11-13-7-5-6-8-14(13)15-3/h12-15H,5-11H2,1-4H3. The summed E-state index contributed by atoms with van der Waals surface area (Å²) in [6.45, 7) is 7.68. The number of rotatable bonds is 7. The highest BCUT2D eigenvalue weighted by Gasteiger charge is 2.26. The fourth-order valence-corrected chi connectivity index (χ4v) is 2.88. The highest BCUT2D eigenvalue weighted by Crippen LogP contribution is 2.25. The normalized spacial score (nSPS) is 25.8. The smallest absolute Gasteiger partial charge is 0.0589 e. The molecule has 0 aliphatic heterocycles. The molecule has 2 unspecified atom stereocenters. The van der Waals surface area contributed by atoms with Gasteiger partial charge < -0.3 is 10.1 Å². The third-order valence-electron chi connectivity index (χ3n) is 4.06. The summed E-state index contributed by atoms with van der Waals surface area (Å²) in [7, 11) is 3.90. The van der Waals surface area contributed by atoms with Crippen LogP contribution in [-0.2, 0) is 4.74 Å². The molecule has 0 spiro atoms. The van der Waals surface area contributed by atoms with Gasteiger partial charge in [-0.1, -0.05) is 12.8 Å². The summed E-state index contributed by atoms with van der Waals surface area (Å²) in [5, 5.41) is 3.50. The van der Waals surface area contributed by atoms with E-state index in [0.717, 1.165) is 19.1 Å². The van der Waals surface area contributed by atoms with Crippen LogP contribution in [0.25, 0.3) is 0 Å². The largest absolute Gasteiger partial charge is 0.383 e. The van der Waals surface area contributed by atoms with Gasteiger partial charge in [0.1, 0.15) is 0 Å². The molecule has 3 heteroatoms. The highest BCUT2D eigenvalue weighted by atomic mass is 16.5. The first-order chi connectivity index (χ1) is 8.19. The van der Waals surface area contributed by atoms with Crippen LogP contribution in [0.4, 0.5) is 0 Å². The van der Waals surface area contributed by atoms with Crippen LogP contribution in [-0.4, -0.2) is 50.8 Å². The van der Waals surface area contributed by atoms with E-state index in [2.05, 4.69) is 31.1 Å². The lowest BCUT2D eigenvalue weighted by molar-refractivity contribution is 0.0999. The van der Waals surface area contributed by atoms with Crippen molar-refractivity contribution in [3.8, 4) is 0 Å². The van der Waals surface area contributed by atoms with Crippen LogP contribution < -0.4 is 5.32 Å². The Morgan fingerprint density at radius 2 is 2.00 bits per heavy atom. The second-order valence-electron chi connectivity index (χ2n) is 5.52. The second kappa shape index (κ2) is 8.06. The van der Waals surface area contributed by atoms with Crippen molar-refractivity contribution in [2.24, 2.45) is 5.92 Å². The summed E-state index contributed by atoms with van der Waals surface area (Å²) in [5.74, 6) is 0.813. The minimum absolute atomic E-state index is 0.615. The van der Waals surface area contributed by atoms with Crippen LogP contribution in [0.15, 0.2) is 0 Å². The Labute approximate surface area is 107 Å². The van der Waals surface area contributed by atoms with Crippen LogP contribution >= 0.6 is 0 Å². The molecule has 17 heavy (non-hydrogen) atoms. The van der Waals surface area contributed by atoms with Crippen LogP contribution in [0.2, 0.25) is 0 Å². The lowest BCUT2D eigenvalue weighted by atomic mass is 9.84. The van der Waals surface area contributed by atoms with E-state index < -0.39 is 0 Å². The Bertz CT molecular complexity index is 197. The van der Waals surface area contributed by atoms with Crippen molar-refractivity contribution in [3.05, 3.63) is 0 Å². The topological polar surface area (TPSA) is 24.5 Å². The molecule has 1 fully saturated rings. The Kier molecular flexibility index (Phi) is 7.09. The summed E-state index contributed by atoms with van der Waals surface area (Å²) < 4.78 is 5.21. The summed E-state index contributed by atoms with van der Waals surface area (Å²) in [6.07, 6.45) is 5.51. The summed E-state index contributed by atoms with van der Waals surface area (Å²) in [6, 6.07) is 1.33. The van der Waals surface area contributed by atoms with Gasteiger partial charge in [0.25, 0.3) is 0 Å². The van der Waals surface area contributed by atoms with Crippen molar-refractivity contribution in [2.45, 2.75) is 51.6 Å². The maximum atomic E-state index is 5.21. The Balaban J connectivity index is 2.45. The minimum Gasteiger partial charge on any atom is -0.383 e. The molecule has 0 amide bonds. The predicted molar refractivity (Wildman–Crippen MR) is 73.4 cm³/mol. The van der Waals surface area contributed by atoms with Crippen LogP contribution in [0.1, 0.15) is 39.5 Å². The second-order valence-corrected chi connectivity index (χ2v) is 5.52. The van der Waals surface area contributed by atoms with Gasteiger partial charge in [0.15, 0.2) is 0 Å². The quantitative estimate of drug-likeness (QED) is 0.740. The minimum atomic E-state index is 0.615. The summed E-state index contributed by atoms with van der Waals surface area (Å²) >= 11 is 0. The first-order valence-electron chi connectivity index (χ1n) is 7.09. The number of ether oxygens (including phenoxy) is 1. The molecule has 102 valence electrons. The summed E-state index contributed by atoms with van der Waals surface area (Å²) in [4.78, 5) is 2.56. The van der Waals surface area contributed by atoms with E-state index in [1.54, 1.807) is 7.11 Å². The van der Waals surface area contributed by atoms with Gasteiger partial charge in [0.05, 0.1) is 6.61 Å². The Morgan fingerprint density at radius 3 is 2.59 bits per heavy atom. The lowest BCUT2D eigenvalue weighted by Crippen LogP contribution is -2.45. The molecule has 1 aliphatic rings. The molecular weight excluding hydrogens is 212 g/mol. The molecule has 0 aromatic heterocycles. The number of hydrogen-bond acceptors (Lipinski definition) is 3. The van der Waals surface area contributed by atoms with Crippen molar-refractivity contribution in [1.29, 1.82) is 0 Å². The first-order valence-corrected chi connectivity index (χ1v) is 7.09. The van der Waals surface area contributed by atoms with Gasteiger partial charge in [-0.05, 0) is 39.7 Å². The Hall–Kier alpha value is -0.120. The van der Waals surface area contributed by atoms with E-state index in [0.29, 0.717) is 12.1 Å². The molecular formula is C14H30N2O. The average Bonchev–Trinajstić information content (AvgIpc) is 2.34. The zero-order valence-corrected chi connectivity index (χ0v) is 12.0. The molecule has 2 atom stereocenters. The van der Waals surface area contributed by atoms with E-state index >= 15 is 0 Å². The van der Waals surface area contributed by atoms with E-state index in [9.17, 15) is 0 Å². The summed E-state index contributed by atoms with van der Waals surface area (Å²) in [5.41, 5.74) is 0. The van der Waals surface area contributed by atoms with Crippen molar-refractivity contribution in [3.63, 3.8) is 0 Å². The number of nitrogens with zero attached hydrogens (tertiary/aromatic N) is 1. The zero-order valence-electron chi connectivity index (χ0n) is 12.0. The molecule has 0 bridgehead atoms. The molecule has 1 aliphatic carbocycles. The molecule has 0 saturated heterocycles. The van der Waals surface area contributed by atoms with Crippen LogP contribution in [0.3, 0.4) is 0 Å². The van der Waals surface area contributed by atoms with Gasteiger partial charge in [-0.2, -0.15) is 0 Å². The van der Waals surface area contributed by atoms with Crippen molar-refractivity contribution < 1.29 is 4.74 Å². The molecule has 3 nitrogen and oxygen atoms in total. The molecule has 0 aromatic carbocycles. The van der Waals surface area contributed by atoms with Crippen molar-refractivity contribution in [2.75, 3.05) is 33.9 Å². The Morgan fingerprint density at radius 1 is 1.29 bits per heavy atom. The van der Waals surface area contributed by atoms with Crippen molar-refractivity contribution >= 4 is 0 Å². The molecule has 1 saturated carbocycles. The first kappa shape index (κ1) is 14.9. The molecule has 0 heterocycles. The fourth-order valence-electron chi connectivity index (χ4n) is 2.88. The molecule has 1 N–H and O–H groups in total.